The second kappa shape index (κ2) is 13.5. The summed E-state index contributed by atoms with van der Waals surface area (Å²) >= 11 is 0. The smallest absolute Gasteiger partial charge is 0.371 e. The van der Waals surface area contributed by atoms with Gasteiger partial charge in [-0.25, -0.2) is 19.9 Å². The molecule has 3 aromatic rings. The molecule has 3 aromatic heterocycles. The third kappa shape index (κ3) is 9.02. The summed E-state index contributed by atoms with van der Waals surface area (Å²) in [7, 11) is -10.8. The molecule has 0 fully saturated rings. The van der Waals surface area contributed by atoms with Crippen LogP contribution in [-0.4, -0.2) is 82.9 Å². The van der Waals surface area contributed by atoms with E-state index < -0.39 is 38.8 Å². The normalized spacial score (nSPS) is 12.8. The van der Waals surface area contributed by atoms with Crippen LogP contribution in [0.2, 0.25) is 0 Å². The zero-order chi connectivity index (χ0) is 27.6. The first-order valence-corrected chi connectivity index (χ1v) is 13.2. The van der Waals surface area contributed by atoms with E-state index in [4.69, 9.17) is 41.9 Å². The minimum atomic E-state index is -5.41. The molecule has 202 valence electrons. The Balaban J connectivity index is 0.000000282. The topological polar surface area (TPSA) is 323 Å². The van der Waals surface area contributed by atoms with Crippen LogP contribution in [0, 0.1) is 0 Å². The highest BCUT2D eigenvalue weighted by Gasteiger charge is 2.59. The van der Waals surface area contributed by atoms with Crippen molar-refractivity contribution in [2.24, 2.45) is 11.5 Å². The fourth-order valence-corrected chi connectivity index (χ4v) is 4.45. The number of aromatic nitrogens is 6. The van der Waals surface area contributed by atoms with Crippen molar-refractivity contribution in [3.05, 3.63) is 31.4 Å². The molecule has 3 rings (SSSR count). The highest BCUT2D eigenvalue weighted by Crippen LogP contribution is 2.67. The Labute approximate surface area is 203 Å². The van der Waals surface area contributed by atoms with Gasteiger partial charge in [0.25, 0.3) is 5.08 Å². The summed E-state index contributed by atoms with van der Waals surface area (Å²) in [6.45, 7) is -0.353. The van der Waals surface area contributed by atoms with Crippen LogP contribution >= 0.6 is 15.2 Å². The van der Waals surface area contributed by atoms with Crippen LogP contribution in [0.15, 0.2) is 31.4 Å². The molecule has 18 nitrogen and oxygen atoms in total. The lowest BCUT2D eigenvalue weighted by Crippen LogP contribution is -2.33. The van der Waals surface area contributed by atoms with Crippen LogP contribution < -0.4 is 17.2 Å². The van der Waals surface area contributed by atoms with Gasteiger partial charge in [-0.2, -0.15) is 0 Å². The van der Waals surface area contributed by atoms with Crippen molar-refractivity contribution in [3.8, 4) is 0 Å². The van der Waals surface area contributed by atoms with Gasteiger partial charge >= 0.3 is 21.2 Å². The maximum absolute atomic E-state index is 10.9. The van der Waals surface area contributed by atoms with Crippen molar-refractivity contribution in [2.75, 3.05) is 12.3 Å². The molecule has 0 amide bonds. The number of carboxylic acid groups (broad SMARTS) is 1. The van der Waals surface area contributed by atoms with Crippen molar-refractivity contribution < 1.29 is 43.7 Å². The average Bonchev–Trinajstić information content (AvgIpc) is 3.46. The SMILES string of the molecule is NCCCCC(N)C(=O)O.Nc1ncnc2[nH]cnc12.O=P(O)(O)C(O)(Cn1ccnc1)P(=O)(O)O. The summed E-state index contributed by atoms with van der Waals surface area (Å²) in [4.78, 5) is 63.3. The molecule has 0 aliphatic heterocycles. The standard InChI is InChI=1S/C6H14N2O2.C5H5N5.C5H10N2O7P2/c7-4-2-1-3-5(8)6(9)10;6-4-3-5(9-1-7-3)10-2-8-4;8-5(15(9,10)11,16(12,13)14)3-7-2-1-6-4-7/h5H,1-4,7-8H2,(H,9,10);1-2H,(H3,6,7,8,9,10);1-2,4,8H,3H2,(H2,9,10,11)(H2,12,13,14). The molecule has 1 unspecified atom stereocenters. The first-order chi connectivity index (χ1) is 16.6. The molecule has 0 spiro atoms. The minimum absolute atomic E-state index is 0.409. The van der Waals surface area contributed by atoms with Gasteiger partial charge in [0.15, 0.2) is 11.5 Å². The van der Waals surface area contributed by atoms with Gasteiger partial charge in [0.05, 0.1) is 19.2 Å². The summed E-state index contributed by atoms with van der Waals surface area (Å²) in [6, 6.07) is -0.716. The van der Waals surface area contributed by atoms with Gasteiger partial charge in [-0.1, -0.05) is 6.42 Å². The fraction of sp³-hybridized carbons (Fsp3) is 0.438. The van der Waals surface area contributed by atoms with Crippen molar-refractivity contribution >= 4 is 38.1 Å². The van der Waals surface area contributed by atoms with Crippen molar-refractivity contribution in [1.82, 2.24) is 29.5 Å². The van der Waals surface area contributed by atoms with Crippen molar-refractivity contribution in [1.29, 1.82) is 0 Å². The van der Waals surface area contributed by atoms with E-state index >= 15 is 0 Å². The molecule has 0 radical (unpaired) electrons. The first-order valence-electron chi connectivity index (χ1n) is 10.0. The Hall–Kier alpha value is -2.79. The molecular weight excluding hydrogens is 524 g/mol. The number of nitrogens with zero attached hydrogens (tertiary/aromatic N) is 5. The monoisotopic (exact) mass is 553 g/mol. The van der Waals surface area contributed by atoms with Gasteiger partial charge in [-0.15, -0.1) is 0 Å². The molecule has 3 heterocycles. The van der Waals surface area contributed by atoms with E-state index in [9.17, 15) is 19.0 Å². The second-order valence-corrected chi connectivity index (χ2v) is 11.2. The van der Waals surface area contributed by atoms with Crippen LogP contribution in [0.1, 0.15) is 19.3 Å². The van der Waals surface area contributed by atoms with E-state index in [-0.39, 0.29) is 0 Å². The van der Waals surface area contributed by atoms with E-state index in [0.29, 0.717) is 29.9 Å². The van der Waals surface area contributed by atoms with Gasteiger partial charge in [-0.05, 0) is 19.4 Å². The quantitative estimate of drug-likeness (QED) is 0.105. The number of nitrogens with two attached hydrogens (primary N) is 3. The minimum Gasteiger partial charge on any atom is -0.480 e. The zero-order valence-corrected chi connectivity index (χ0v) is 20.6. The highest BCUT2D eigenvalue weighted by atomic mass is 31.2. The van der Waals surface area contributed by atoms with Crippen molar-refractivity contribution in [2.45, 2.75) is 36.9 Å². The third-order valence-corrected chi connectivity index (χ3v) is 8.13. The number of aromatic amines is 1. The largest absolute Gasteiger partial charge is 0.480 e. The Kier molecular flexibility index (Phi) is 11.7. The van der Waals surface area contributed by atoms with E-state index in [1.54, 1.807) is 0 Å². The van der Waals surface area contributed by atoms with Crippen LogP contribution in [0.25, 0.3) is 11.2 Å². The summed E-state index contributed by atoms with van der Waals surface area (Å²) < 4.78 is 22.8. The van der Waals surface area contributed by atoms with Crippen LogP contribution in [0.4, 0.5) is 5.82 Å². The number of rotatable bonds is 9. The highest BCUT2D eigenvalue weighted by molar-refractivity contribution is 7.72. The maximum Gasteiger partial charge on any atom is 0.371 e. The number of H-pyrrole nitrogens is 1. The fourth-order valence-electron chi connectivity index (χ4n) is 2.39. The number of unbranched alkanes of at least 4 members (excludes halogenated alkanes) is 1. The number of fused-ring (bicyclic) bond motifs is 1. The molecule has 0 aromatic carbocycles. The molecule has 13 N–H and O–H groups in total. The summed E-state index contributed by atoms with van der Waals surface area (Å²) in [6.07, 6.45) is 8.61. The van der Waals surface area contributed by atoms with E-state index in [1.807, 2.05) is 0 Å². The lowest BCUT2D eigenvalue weighted by Gasteiger charge is -2.29. The molecule has 0 saturated carbocycles. The number of imidazole rings is 2. The van der Waals surface area contributed by atoms with Gasteiger partial charge < -0.3 is 56.5 Å². The molecule has 1 atom stereocenters. The number of hydrogen-bond acceptors (Lipinski definition) is 11. The predicted molar refractivity (Wildman–Crippen MR) is 126 cm³/mol. The summed E-state index contributed by atoms with van der Waals surface area (Å²) in [5.41, 5.74) is 17.2. The molecule has 36 heavy (non-hydrogen) atoms. The number of aliphatic hydroxyl groups is 1. The Morgan fingerprint density at radius 1 is 1.14 bits per heavy atom. The van der Waals surface area contributed by atoms with Crippen molar-refractivity contribution in [3.63, 3.8) is 0 Å². The lowest BCUT2D eigenvalue weighted by atomic mass is 10.1. The molecule has 0 aliphatic carbocycles. The number of nitrogen functional groups attached to an aromatic ring is 1. The Bertz CT molecular complexity index is 1160. The zero-order valence-electron chi connectivity index (χ0n) is 18.8. The molecule has 0 bridgehead atoms. The van der Waals surface area contributed by atoms with E-state index in [0.717, 1.165) is 23.7 Å². The van der Waals surface area contributed by atoms with Crippen LogP contribution in [0.3, 0.4) is 0 Å². The lowest BCUT2D eigenvalue weighted by molar-refractivity contribution is -0.138. The van der Waals surface area contributed by atoms with Crippen LogP contribution in [0.5, 0.6) is 0 Å². The number of nitrogens with one attached hydrogen (secondary N) is 1. The number of carbonyl (C=O) groups is 1. The van der Waals surface area contributed by atoms with E-state index in [1.165, 1.54) is 25.0 Å². The van der Waals surface area contributed by atoms with Crippen LogP contribution in [-0.2, 0) is 20.5 Å². The van der Waals surface area contributed by atoms with Gasteiger partial charge in [0.1, 0.15) is 17.9 Å². The van der Waals surface area contributed by atoms with E-state index in [2.05, 4.69) is 24.9 Å². The number of carboxylic acids is 1. The Morgan fingerprint density at radius 3 is 2.25 bits per heavy atom. The predicted octanol–water partition coefficient (Wildman–Crippen LogP) is -1.65. The number of hydrogen-bond donors (Lipinski definition) is 10. The third-order valence-electron chi connectivity index (χ3n) is 4.42. The molecule has 0 aliphatic rings. The summed E-state index contributed by atoms with van der Waals surface area (Å²) in [5.74, 6) is -0.525. The van der Waals surface area contributed by atoms with Gasteiger partial charge in [0, 0.05) is 12.4 Å². The number of aliphatic carboxylic acids is 1. The maximum atomic E-state index is 10.9. The average molecular weight is 553 g/mol. The Morgan fingerprint density at radius 2 is 1.78 bits per heavy atom. The number of anilines is 1. The first kappa shape index (κ1) is 31.2. The molecular formula is C16H29N9O9P2. The van der Waals surface area contributed by atoms with Gasteiger partial charge in [-0.3, -0.25) is 13.9 Å². The second-order valence-electron chi connectivity index (χ2n) is 7.19. The van der Waals surface area contributed by atoms with Gasteiger partial charge in [0.2, 0.25) is 0 Å². The summed E-state index contributed by atoms with van der Waals surface area (Å²) in [5, 5.41) is 14.4. The molecule has 0 saturated heterocycles. The molecule has 20 heteroatoms.